The van der Waals surface area contributed by atoms with E-state index >= 15 is 0 Å². The third-order valence-corrected chi connectivity index (χ3v) is 4.93. The number of nitrogens with one attached hydrogen (secondary N) is 1. The fraction of sp³-hybridized carbons (Fsp3) is 0.389. The fourth-order valence-electron chi connectivity index (χ4n) is 2.44. The van der Waals surface area contributed by atoms with Gasteiger partial charge in [0.15, 0.2) is 0 Å². The standard InChI is InChI=1S/C18H19ClN2O3S/c1-2-3-7-24-17(23)11-25-18-15(10-20)14(9-16(22)21-18)12-5-4-6-13(19)8-12/h4-6,8,14H,2-3,7,9,11H2,1H3,(H,21,22)/t14-/m0/s1. The third kappa shape index (κ3) is 5.52. The van der Waals surface area contributed by atoms with Gasteiger partial charge < -0.3 is 10.1 Å². The first-order valence-corrected chi connectivity index (χ1v) is 9.39. The van der Waals surface area contributed by atoms with E-state index in [9.17, 15) is 14.9 Å². The first kappa shape index (κ1) is 19.4. The molecule has 1 amide bonds. The zero-order valence-electron chi connectivity index (χ0n) is 13.9. The van der Waals surface area contributed by atoms with E-state index in [0.29, 0.717) is 22.2 Å². The van der Waals surface area contributed by atoms with Crippen LogP contribution in [0.1, 0.15) is 37.7 Å². The van der Waals surface area contributed by atoms with Crippen molar-refractivity contribution in [1.29, 1.82) is 5.26 Å². The van der Waals surface area contributed by atoms with Crippen LogP contribution in [-0.4, -0.2) is 24.2 Å². The number of carbonyl (C=O) groups is 2. The molecule has 0 unspecified atom stereocenters. The van der Waals surface area contributed by atoms with Crippen LogP contribution in [0, 0.1) is 11.3 Å². The summed E-state index contributed by atoms with van der Waals surface area (Å²) in [6, 6.07) is 9.29. The molecule has 0 bridgehead atoms. The van der Waals surface area contributed by atoms with Crippen molar-refractivity contribution >= 4 is 35.2 Å². The van der Waals surface area contributed by atoms with Crippen molar-refractivity contribution in [3.8, 4) is 6.07 Å². The number of hydrogen-bond acceptors (Lipinski definition) is 5. The highest BCUT2D eigenvalue weighted by Gasteiger charge is 2.30. The van der Waals surface area contributed by atoms with Gasteiger partial charge in [-0.1, -0.05) is 48.8 Å². The van der Waals surface area contributed by atoms with Gasteiger partial charge in [0.05, 0.1) is 29.0 Å². The van der Waals surface area contributed by atoms with Gasteiger partial charge in [0, 0.05) is 17.4 Å². The quantitative estimate of drug-likeness (QED) is 0.577. The molecule has 0 aromatic heterocycles. The first-order valence-electron chi connectivity index (χ1n) is 8.03. The van der Waals surface area contributed by atoms with Crippen LogP contribution in [0.15, 0.2) is 34.9 Å². The maximum atomic E-state index is 12.0. The minimum atomic E-state index is -0.365. The number of amides is 1. The molecule has 5 nitrogen and oxygen atoms in total. The van der Waals surface area contributed by atoms with Crippen molar-refractivity contribution in [3.05, 3.63) is 45.5 Å². The molecular formula is C18H19ClN2O3S. The normalized spacial score (nSPS) is 17.0. The lowest BCUT2D eigenvalue weighted by Gasteiger charge is -2.25. The maximum absolute atomic E-state index is 12.0. The summed E-state index contributed by atoms with van der Waals surface area (Å²) < 4.78 is 5.10. The second-order valence-corrected chi connectivity index (χ2v) is 7.00. The van der Waals surface area contributed by atoms with Gasteiger partial charge in [-0.25, -0.2) is 0 Å². The van der Waals surface area contributed by atoms with Crippen molar-refractivity contribution in [2.75, 3.05) is 12.4 Å². The molecule has 132 valence electrons. The van der Waals surface area contributed by atoms with E-state index in [-0.39, 0.29) is 30.0 Å². The Morgan fingerprint density at radius 2 is 2.32 bits per heavy atom. The Bertz CT molecular complexity index is 727. The van der Waals surface area contributed by atoms with Crippen LogP contribution in [0.5, 0.6) is 0 Å². The minimum Gasteiger partial charge on any atom is -0.465 e. The van der Waals surface area contributed by atoms with Crippen molar-refractivity contribution < 1.29 is 14.3 Å². The summed E-state index contributed by atoms with van der Waals surface area (Å²) in [6.07, 6.45) is 1.94. The number of benzene rings is 1. The van der Waals surface area contributed by atoms with Crippen molar-refractivity contribution in [2.24, 2.45) is 0 Å². The molecule has 0 saturated heterocycles. The van der Waals surface area contributed by atoms with Gasteiger partial charge in [0.25, 0.3) is 0 Å². The summed E-state index contributed by atoms with van der Waals surface area (Å²) in [6.45, 7) is 2.40. The summed E-state index contributed by atoms with van der Waals surface area (Å²) >= 11 is 7.15. The molecule has 0 saturated carbocycles. The summed E-state index contributed by atoms with van der Waals surface area (Å²) in [5, 5.41) is 13.2. The smallest absolute Gasteiger partial charge is 0.316 e. The first-order chi connectivity index (χ1) is 12.0. The van der Waals surface area contributed by atoms with Crippen molar-refractivity contribution in [1.82, 2.24) is 5.32 Å². The number of halogens is 1. The summed E-state index contributed by atoms with van der Waals surface area (Å²) in [7, 11) is 0. The van der Waals surface area contributed by atoms with Crippen LogP contribution in [0.3, 0.4) is 0 Å². The molecule has 25 heavy (non-hydrogen) atoms. The van der Waals surface area contributed by atoms with E-state index in [1.807, 2.05) is 13.0 Å². The largest absolute Gasteiger partial charge is 0.465 e. The molecule has 0 aliphatic carbocycles. The van der Waals surface area contributed by atoms with E-state index < -0.39 is 0 Å². The average Bonchev–Trinajstić information content (AvgIpc) is 2.59. The topological polar surface area (TPSA) is 79.2 Å². The predicted molar refractivity (Wildman–Crippen MR) is 97.9 cm³/mol. The molecule has 0 radical (unpaired) electrons. The number of nitriles is 1. The molecule has 7 heteroatoms. The Balaban J connectivity index is 2.15. The molecule has 0 fully saturated rings. The number of unbranched alkanes of at least 4 members (excludes halogenated alkanes) is 1. The number of nitrogens with zero attached hydrogens (tertiary/aromatic N) is 1. The van der Waals surface area contributed by atoms with Gasteiger partial charge in [-0.3, -0.25) is 9.59 Å². The highest BCUT2D eigenvalue weighted by molar-refractivity contribution is 8.03. The number of esters is 1. The van der Waals surface area contributed by atoms with Crippen molar-refractivity contribution in [2.45, 2.75) is 32.1 Å². The van der Waals surface area contributed by atoms with Crippen LogP contribution in [-0.2, 0) is 14.3 Å². The molecule has 1 aromatic rings. The van der Waals surface area contributed by atoms with E-state index in [1.165, 1.54) is 0 Å². The maximum Gasteiger partial charge on any atom is 0.316 e. The molecule has 1 atom stereocenters. The number of ether oxygens (including phenoxy) is 1. The van der Waals surface area contributed by atoms with Crippen LogP contribution in [0.2, 0.25) is 5.02 Å². The summed E-state index contributed by atoms with van der Waals surface area (Å²) in [4.78, 5) is 23.8. The van der Waals surface area contributed by atoms with Gasteiger partial charge in [0.2, 0.25) is 5.91 Å². The average molecular weight is 379 g/mol. The third-order valence-electron chi connectivity index (χ3n) is 3.70. The van der Waals surface area contributed by atoms with E-state index in [4.69, 9.17) is 16.3 Å². The fourth-order valence-corrected chi connectivity index (χ4v) is 3.52. The Hall–Kier alpha value is -1.97. The monoisotopic (exact) mass is 378 g/mol. The molecule has 1 aliphatic heterocycles. The van der Waals surface area contributed by atoms with Crippen LogP contribution < -0.4 is 5.32 Å². The van der Waals surface area contributed by atoms with E-state index in [0.717, 1.165) is 30.2 Å². The van der Waals surface area contributed by atoms with Crippen LogP contribution >= 0.6 is 23.4 Å². The Morgan fingerprint density at radius 1 is 1.52 bits per heavy atom. The minimum absolute atomic E-state index is 0.0484. The zero-order chi connectivity index (χ0) is 18.2. The van der Waals surface area contributed by atoms with Gasteiger partial charge in [0.1, 0.15) is 0 Å². The highest BCUT2D eigenvalue weighted by Crippen LogP contribution is 2.36. The Kier molecular flexibility index (Phi) is 7.35. The molecule has 0 spiro atoms. The molecule has 1 N–H and O–H groups in total. The highest BCUT2D eigenvalue weighted by atomic mass is 35.5. The van der Waals surface area contributed by atoms with Gasteiger partial charge in [-0.15, -0.1) is 0 Å². The number of carbonyl (C=O) groups excluding carboxylic acids is 2. The van der Waals surface area contributed by atoms with E-state index in [2.05, 4.69) is 11.4 Å². The van der Waals surface area contributed by atoms with E-state index in [1.54, 1.807) is 18.2 Å². The zero-order valence-corrected chi connectivity index (χ0v) is 15.5. The van der Waals surface area contributed by atoms with Crippen molar-refractivity contribution in [3.63, 3.8) is 0 Å². The number of thioether (sulfide) groups is 1. The molecule has 2 rings (SSSR count). The van der Waals surface area contributed by atoms with Gasteiger partial charge in [-0.05, 0) is 24.1 Å². The number of rotatable bonds is 7. The molecule has 1 aromatic carbocycles. The lowest BCUT2D eigenvalue weighted by Crippen LogP contribution is -2.31. The molecule has 1 aliphatic rings. The summed E-state index contributed by atoms with van der Waals surface area (Å²) in [5.41, 5.74) is 1.25. The Morgan fingerprint density at radius 3 is 3.00 bits per heavy atom. The van der Waals surface area contributed by atoms with Crippen LogP contribution in [0.25, 0.3) is 0 Å². The molecule has 1 heterocycles. The van der Waals surface area contributed by atoms with Gasteiger partial charge in [-0.2, -0.15) is 5.26 Å². The summed E-state index contributed by atoms with van der Waals surface area (Å²) in [5.74, 6) is -0.864. The van der Waals surface area contributed by atoms with Gasteiger partial charge >= 0.3 is 5.97 Å². The second kappa shape index (κ2) is 9.50. The predicted octanol–water partition coefficient (Wildman–Crippen LogP) is 3.76. The lowest BCUT2D eigenvalue weighted by atomic mass is 9.87. The Labute approximate surface area is 156 Å². The second-order valence-electron chi connectivity index (χ2n) is 5.58. The molecular weight excluding hydrogens is 360 g/mol. The lowest BCUT2D eigenvalue weighted by molar-refractivity contribution is -0.140. The van der Waals surface area contributed by atoms with Crippen LogP contribution in [0.4, 0.5) is 0 Å². The number of allylic oxidation sites excluding steroid dienone is 1. The number of hydrogen-bond donors (Lipinski definition) is 1. The SMILES string of the molecule is CCCCOC(=O)CSC1=C(C#N)[C@H](c2cccc(Cl)c2)CC(=O)N1.